The Kier molecular flexibility index (Phi) is 8.59. The first kappa shape index (κ1) is 24.8. The highest BCUT2D eigenvalue weighted by Crippen LogP contribution is 2.33. The summed E-state index contributed by atoms with van der Waals surface area (Å²) in [5, 5.41) is 3.30. The van der Waals surface area contributed by atoms with Gasteiger partial charge in [0.15, 0.2) is 0 Å². The predicted molar refractivity (Wildman–Crippen MR) is 124 cm³/mol. The molecule has 0 aliphatic heterocycles. The summed E-state index contributed by atoms with van der Waals surface area (Å²) in [4.78, 5) is 12.9. The largest absolute Gasteiger partial charge is 0.497 e. The summed E-state index contributed by atoms with van der Waals surface area (Å²) in [6.07, 6.45) is 1.73. The second-order valence-electron chi connectivity index (χ2n) is 7.61. The van der Waals surface area contributed by atoms with Crippen LogP contribution in [0.2, 0.25) is 5.02 Å². The zero-order valence-electron chi connectivity index (χ0n) is 18.4. The van der Waals surface area contributed by atoms with Gasteiger partial charge in [-0.05, 0) is 48.2 Å². The van der Waals surface area contributed by atoms with Crippen LogP contribution in [0.1, 0.15) is 31.9 Å². The van der Waals surface area contributed by atoms with Crippen molar-refractivity contribution >= 4 is 33.2 Å². The molecule has 1 amide bonds. The molecule has 0 spiro atoms. The Bertz CT molecular complexity index is 993. The normalized spacial score (nSPS) is 12.4. The summed E-state index contributed by atoms with van der Waals surface area (Å²) >= 11 is 6.06. The molecule has 0 radical (unpaired) electrons. The van der Waals surface area contributed by atoms with Crippen molar-refractivity contribution in [3.63, 3.8) is 0 Å². The first-order valence-electron chi connectivity index (χ1n) is 9.79. The first-order valence-corrected chi connectivity index (χ1v) is 12.0. The number of hydrogen-bond donors (Lipinski definition) is 1. The van der Waals surface area contributed by atoms with Crippen LogP contribution in [0.5, 0.6) is 11.5 Å². The maximum Gasteiger partial charge on any atom is 0.241 e. The van der Waals surface area contributed by atoms with Crippen molar-refractivity contribution in [2.75, 3.05) is 31.3 Å². The number of benzene rings is 2. The van der Waals surface area contributed by atoms with E-state index in [0.717, 1.165) is 21.9 Å². The van der Waals surface area contributed by atoms with Gasteiger partial charge in [0.05, 0.1) is 32.2 Å². The summed E-state index contributed by atoms with van der Waals surface area (Å²) in [6, 6.07) is 11.8. The number of nitrogens with zero attached hydrogens (tertiary/aromatic N) is 1. The number of ether oxygens (including phenoxy) is 2. The molecule has 1 N–H and O–H groups in total. The third-order valence-electron chi connectivity index (χ3n) is 4.66. The maximum absolute atomic E-state index is 12.9. The average Bonchev–Trinajstić information content (AvgIpc) is 2.70. The van der Waals surface area contributed by atoms with Crippen LogP contribution in [0, 0.1) is 5.92 Å². The van der Waals surface area contributed by atoms with Gasteiger partial charge < -0.3 is 14.8 Å². The van der Waals surface area contributed by atoms with Crippen LogP contribution in [0.4, 0.5) is 5.69 Å². The van der Waals surface area contributed by atoms with Gasteiger partial charge in [0.25, 0.3) is 0 Å². The Labute approximate surface area is 189 Å². The monoisotopic (exact) mass is 468 g/mol. The van der Waals surface area contributed by atoms with Gasteiger partial charge in [0.1, 0.15) is 18.0 Å². The highest BCUT2D eigenvalue weighted by molar-refractivity contribution is 7.92. The van der Waals surface area contributed by atoms with E-state index in [1.165, 1.54) is 13.2 Å². The van der Waals surface area contributed by atoms with Gasteiger partial charge in [-0.3, -0.25) is 9.10 Å². The van der Waals surface area contributed by atoms with E-state index >= 15 is 0 Å². The van der Waals surface area contributed by atoms with E-state index in [1.807, 2.05) is 24.3 Å². The summed E-state index contributed by atoms with van der Waals surface area (Å²) in [5.74, 6) is 0.895. The molecular weight excluding hydrogens is 440 g/mol. The molecule has 170 valence electrons. The van der Waals surface area contributed by atoms with E-state index < -0.39 is 22.5 Å². The molecule has 0 saturated carbocycles. The number of sulfonamides is 1. The number of carbonyl (C=O) groups is 1. The third kappa shape index (κ3) is 7.04. The number of rotatable bonds is 10. The van der Waals surface area contributed by atoms with Crippen LogP contribution >= 0.6 is 11.6 Å². The molecule has 0 unspecified atom stereocenters. The van der Waals surface area contributed by atoms with E-state index in [0.29, 0.717) is 23.1 Å². The van der Waals surface area contributed by atoms with E-state index in [-0.39, 0.29) is 11.7 Å². The summed E-state index contributed by atoms with van der Waals surface area (Å²) in [7, 11) is -0.762. The summed E-state index contributed by atoms with van der Waals surface area (Å²) in [6.45, 7) is 3.71. The molecule has 0 aromatic heterocycles. The molecule has 2 rings (SSSR count). The minimum atomic E-state index is -3.78. The molecule has 31 heavy (non-hydrogen) atoms. The van der Waals surface area contributed by atoms with Gasteiger partial charge in [0, 0.05) is 5.02 Å². The molecular formula is C22H29ClN2O5S. The lowest BCUT2D eigenvalue weighted by atomic mass is 9.97. The van der Waals surface area contributed by atoms with Gasteiger partial charge in [-0.15, -0.1) is 0 Å². The van der Waals surface area contributed by atoms with Gasteiger partial charge in [-0.2, -0.15) is 0 Å². The molecule has 0 fully saturated rings. The van der Waals surface area contributed by atoms with Crippen LogP contribution in [-0.4, -0.2) is 41.3 Å². The van der Waals surface area contributed by atoms with E-state index in [2.05, 4.69) is 19.2 Å². The summed E-state index contributed by atoms with van der Waals surface area (Å²) in [5.41, 5.74) is 1.12. The molecule has 0 aliphatic carbocycles. The van der Waals surface area contributed by atoms with Crippen molar-refractivity contribution in [2.45, 2.75) is 26.3 Å². The fourth-order valence-electron chi connectivity index (χ4n) is 3.20. The Morgan fingerprint density at radius 2 is 1.74 bits per heavy atom. The third-order valence-corrected chi connectivity index (χ3v) is 6.02. The van der Waals surface area contributed by atoms with E-state index in [4.69, 9.17) is 21.1 Å². The molecule has 2 aromatic rings. The highest BCUT2D eigenvalue weighted by Gasteiger charge is 2.26. The molecule has 0 aliphatic rings. The SMILES string of the molecule is COc1ccc([C@H](CC(C)C)NC(=O)CN(c2cc(Cl)ccc2OC)S(C)(=O)=O)cc1. The smallest absolute Gasteiger partial charge is 0.241 e. The standard InChI is InChI=1S/C22H29ClN2O5S/c1-15(2)12-19(16-6-9-18(29-3)10-7-16)24-22(26)14-25(31(5,27)28)20-13-17(23)8-11-21(20)30-4/h6-11,13,15,19H,12,14H2,1-5H3,(H,24,26)/t19-/m0/s1. The second kappa shape index (κ2) is 10.7. The fourth-order valence-corrected chi connectivity index (χ4v) is 4.21. The number of amides is 1. The van der Waals surface area contributed by atoms with E-state index in [9.17, 15) is 13.2 Å². The molecule has 0 saturated heterocycles. The van der Waals surface area contributed by atoms with E-state index in [1.54, 1.807) is 19.2 Å². The zero-order chi connectivity index (χ0) is 23.2. The number of anilines is 1. The van der Waals surface area contributed by atoms with Crippen molar-refractivity contribution in [1.82, 2.24) is 5.32 Å². The Morgan fingerprint density at radius 1 is 1.10 bits per heavy atom. The first-order chi connectivity index (χ1) is 14.5. The molecule has 0 heterocycles. The molecule has 7 nitrogen and oxygen atoms in total. The fraction of sp³-hybridized carbons (Fsp3) is 0.409. The van der Waals surface area contributed by atoms with Gasteiger partial charge in [-0.25, -0.2) is 8.42 Å². The summed E-state index contributed by atoms with van der Waals surface area (Å²) < 4.78 is 36.4. The van der Waals surface area contributed by atoms with Crippen molar-refractivity contribution in [3.05, 3.63) is 53.1 Å². The van der Waals surface area contributed by atoms with Crippen molar-refractivity contribution in [1.29, 1.82) is 0 Å². The minimum Gasteiger partial charge on any atom is -0.497 e. The van der Waals surface area contributed by atoms with Crippen molar-refractivity contribution < 1.29 is 22.7 Å². The molecule has 9 heteroatoms. The predicted octanol–water partition coefficient (Wildman–Crippen LogP) is 4.03. The number of methoxy groups -OCH3 is 2. The van der Waals surface area contributed by atoms with Gasteiger partial charge in [0.2, 0.25) is 15.9 Å². The van der Waals surface area contributed by atoms with Gasteiger partial charge >= 0.3 is 0 Å². The van der Waals surface area contributed by atoms with Crippen LogP contribution in [0.25, 0.3) is 0 Å². The van der Waals surface area contributed by atoms with Crippen LogP contribution in [0.3, 0.4) is 0 Å². The lowest BCUT2D eigenvalue weighted by Gasteiger charge is -2.26. The molecule has 2 aromatic carbocycles. The minimum absolute atomic E-state index is 0.206. The molecule has 0 bridgehead atoms. The van der Waals surface area contributed by atoms with Crippen molar-refractivity contribution in [2.24, 2.45) is 5.92 Å². The molecule has 1 atom stereocenters. The zero-order valence-corrected chi connectivity index (χ0v) is 20.0. The van der Waals surface area contributed by atoms with Gasteiger partial charge in [-0.1, -0.05) is 37.6 Å². The Morgan fingerprint density at radius 3 is 2.26 bits per heavy atom. The maximum atomic E-state index is 12.9. The quantitative estimate of drug-likeness (QED) is 0.569. The number of nitrogens with one attached hydrogen (secondary N) is 1. The lowest BCUT2D eigenvalue weighted by molar-refractivity contribution is -0.120. The Hall–Kier alpha value is -2.45. The van der Waals surface area contributed by atoms with Crippen molar-refractivity contribution in [3.8, 4) is 11.5 Å². The van der Waals surface area contributed by atoms with Crippen LogP contribution in [-0.2, 0) is 14.8 Å². The highest BCUT2D eigenvalue weighted by atomic mass is 35.5. The number of halogens is 1. The van der Waals surface area contributed by atoms with Crippen LogP contribution < -0.4 is 19.1 Å². The lowest BCUT2D eigenvalue weighted by Crippen LogP contribution is -2.42. The van der Waals surface area contributed by atoms with Crippen LogP contribution in [0.15, 0.2) is 42.5 Å². The Balaban J connectivity index is 2.30. The number of hydrogen-bond acceptors (Lipinski definition) is 5. The average molecular weight is 469 g/mol. The second-order valence-corrected chi connectivity index (χ2v) is 9.95. The topological polar surface area (TPSA) is 84.9 Å². The number of carbonyl (C=O) groups excluding carboxylic acids is 1.